The quantitative estimate of drug-likeness (QED) is 0.919. The Balaban J connectivity index is 2.26. The molecule has 0 aliphatic heterocycles. The first-order valence-corrected chi connectivity index (χ1v) is 7.46. The summed E-state index contributed by atoms with van der Waals surface area (Å²) in [4.78, 5) is 13.8. The molecule has 0 spiro atoms. The van der Waals surface area contributed by atoms with E-state index in [0.29, 0.717) is 23.0 Å². The van der Waals surface area contributed by atoms with Gasteiger partial charge in [0.1, 0.15) is 5.15 Å². The molecular formula is C16H20ClN3O2. The Morgan fingerprint density at radius 2 is 1.95 bits per heavy atom. The van der Waals surface area contributed by atoms with E-state index in [1.807, 2.05) is 31.2 Å². The van der Waals surface area contributed by atoms with Crippen LogP contribution in [0.4, 0.5) is 0 Å². The van der Waals surface area contributed by atoms with Gasteiger partial charge in [-0.2, -0.15) is 5.10 Å². The number of hydrogen-bond acceptors (Lipinski definition) is 3. The van der Waals surface area contributed by atoms with Crippen LogP contribution in [0, 0.1) is 13.8 Å². The molecule has 6 heteroatoms. The zero-order valence-corrected chi connectivity index (χ0v) is 13.8. The first-order chi connectivity index (χ1) is 10.4. The maximum absolute atomic E-state index is 12.4. The van der Waals surface area contributed by atoms with Gasteiger partial charge in [0.25, 0.3) is 5.91 Å². The minimum absolute atomic E-state index is 0.0869. The number of rotatable bonds is 5. The number of likely N-dealkylation sites (N-methyl/N-ethyl adjacent to an activating group) is 1. The monoisotopic (exact) mass is 321 g/mol. The minimum atomic E-state index is -0.230. The molecule has 0 radical (unpaired) electrons. The average molecular weight is 322 g/mol. The Bertz CT molecular complexity index is 665. The molecule has 0 atom stereocenters. The first kappa shape index (κ1) is 16.5. The third-order valence-corrected chi connectivity index (χ3v) is 3.90. The van der Waals surface area contributed by atoms with E-state index in [4.69, 9.17) is 16.7 Å². The lowest BCUT2D eigenvalue weighted by Gasteiger charge is -2.15. The van der Waals surface area contributed by atoms with Crippen molar-refractivity contribution in [2.24, 2.45) is 0 Å². The highest BCUT2D eigenvalue weighted by molar-refractivity contribution is 6.33. The van der Waals surface area contributed by atoms with Crippen molar-refractivity contribution >= 4 is 17.5 Å². The molecule has 5 nitrogen and oxygen atoms in total. The molecular weight excluding hydrogens is 302 g/mol. The van der Waals surface area contributed by atoms with Crippen LogP contribution >= 0.6 is 11.6 Å². The Hall–Kier alpha value is -1.85. The van der Waals surface area contributed by atoms with Crippen LogP contribution in [0.1, 0.15) is 27.2 Å². The highest BCUT2D eigenvalue weighted by atomic mass is 35.5. The third-order valence-electron chi connectivity index (χ3n) is 3.51. The van der Waals surface area contributed by atoms with Crippen LogP contribution in [0.25, 0.3) is 0 Å². The number of carbonyl (C=O) groups is 1. The van der Waals surface area contributed by atoms with Gasteiger partial charge < -0.3 is 10.0 Å². The Labute approximate surface area is 135 Å². The van der Waals surface area contributed by atoms with Gasteiger partial charge in [0.2, 0.25) is 0 Å². The summed E-state index contributed by atoms with van der Waals surface area (Å²) < 4.78 is 1.63. The van der Waals surface area contributed by atoms with E-state index in [1.54, 1.807) is 18.7 Å². The standard InChI is InChI=1S/C16H20ClN3O2/c1-11-4-6-13(7-5-11)10-20-15(17)14(12(2)18-20)16(22)19(3)8-9-21/h4-7,21H,8-10H2,1-3H3. The molecule has 0 bridgehead atoms. The molecule has 2 rings (SSSR count). The number of amides is 1. The zero-order valence-electron chi connectivity index (χ0n) is 13.0. The van der Waals surface area contributed by atoms with Gasteiger partial charge >= 0.3 is 0 Å². The molecule has 2 aromatic rings. The van der Waals surface area contributed by atoms with Gasteiger partial charge in [0.05, 0.1) is 24.4 Å². The van der Waals surface area contributed by atoms with E-state index in [-0.39, 0.29) is 19.1 Å². The Morgan fingerprint density at radius 1 is 1.32 bits per heavy atom. The van der Waals surface area contributed by atoms with Gasteiger partial charge in [0, 0.05) is 13.6 Å². The van der Waals surface area contributed by atoms with Crippen LogP contribution in [-0.4, -0.2) is 45.9 Å². The molecule has 0 aliphatic carbocycles. The predicted octanol–water partition coefficient (Wildman–Crippen LogP) is 2.27. The van der Waals surface area contributed by atoms with Gasteiger partial charge in [-0.1, -0.05) is 41.4 Å². The fourth-order valence-electron chi connectivity index (χ4n) is 2.21. The summed E-state index contributed by atoms with van der Waals surface area (Å²) in [5.41, 5.74) is 3.24. The molecule has 1 amide bonds. The van der Waals surface area contributed by atoms with Crippen LogP contribution < -0.4 is 0 Å². The van der Waals surface area contributed by atoms with E-state index in [1.165, 1.54) is 10.5 Å². The molecule has 1 heterocycles. The van der Waals surface area contributed by atoms with Crippen LogP contribution in [0.15, 0.2) is 24.3 Å². The number of aromatic nitrogens is 2. The number of nitrogens with zero attached hydrogens (tertiary/aromatic N) is 3. The van der Waals surface area contributed by atoms with E-state index in [0.717, 1.165) is 5.56 Å². The van der Waals surface area contributed by atoms with Gasteiger partial charge in [-0.25, -0.2) is 4.68 Å². The summed E-state index contributed by atoms with van der Waals surface area (Å²) in [6.07, 6.45) is 0. The number of aliphatic hydroxyl groups excluding tert-OH is 1. The Morgan fingerprint density at radius 3 is 2.55 bits per heavy atom. The van der Waals surface area contributed by atoms with E-state index >= 15 is 0 Å². The van der Waals surface area contributed by atoms with Crippen molar-refractivity contribution in [3.8, 4) is 0 Å². The fraction of sp³-hybridized carbons (Fsp3) is 0.375. The molecule has 0 saturated heterocycles. The summed E-state index contributed by atoms with van der Waals surface area (Å²) in [7, 11) is 1.63. The van der Waals surface area contributed by atoms with Crippen LogP contribution in [0.2, 0.25) is 5.15 Å². The second kappa shape index (κ2) is 6.94. The summed E-state index contributed by atoms with van der Waals surface area (Å²) >= 11 is 6.34. The van der Waals surface area contributed by atoms with Crippen molar-refractivity contribution in [1.29, 1.82) is 0 Å². The lowest BCUT2D eigenvalue weighted by Crippen LogP contribution is -2.30. The molecule has 22 heavy (non-hydrogen) atoms. The molecule has 1 aromatic heterocycles. The van der Waals surface area contributed by atoms with Crippen molar-refractivity contribution in [1.82, 2.24) is 14.7 Å². The van der Waals surface area contributed by atoms with Crippen molar-refractivity contribution in [3.63, 3.8) is 0 Å². The van der Waals surface area contributed by atoms with Crippen LogP contribution in [0.5, 0.6) is 0 Å². The zero-order chi connectivity index (χ0) is 16.3. The summed E-state index contributed by atoms with van der Waals surface area (Å²) in [5.74, 6) is -0.230. The Kier molecular flexibility index (Phi) is 5.21. The minimum Gasteiger partial charge on any atom is -0.395 e. The lowest BCUT2D eigenvalue weighted by atomic mass is 10.1. The van der Waals surface area contributed by atoms with Gasteiger partial charge in [-0.3, -0.25) is 4.79 Å². The van der Waals surface area contributed by atoms with Crippen LogP contribution in [-0.2, 0) is 6.54 Å². The highest BCUT2D eigenvalue weighted by Crippen LogP contribution is 2.22. The maximum Gasteiger partial charge on any atom is 0.258 e. The second-order valence-electron chi connectivity index (χ2n) is 5.34. The number of halogens is 1. The predicted molar refractivity (Wildman–Crippen MR) is 86.3 cm³/mol. The molecule has 118 valence electrons. The topological polar surface area (TPSA) is 58.4 Å². The summed E-state index contributed by atoms with van der Waals surface area (Å²) in [5, 5.41) is 13.6. The van der Waals surface area contributed by atoms with Crippen LogP contribution in [0.3, 0.4) is 0 Å². The normalized spacial score (nSPS) is 10.8. The second-order valence-corrected chi connectivity index (χ2v) is 5.70. The number of carbonyl (C=O) groups excluding carboxylic acids is 1. The number of aryl methyl sites for hydroxylation is 2. The van der Waals surface area contributed by atoms with Crippen molar-refractivity contribution in [2.45, 2.75) is 20.4 Å². The molecule has 0 aliphatic rings. The van der Waals surface area contributed by atoms with E-state index < -0.39 is 0 Å². The van der Waals surface area contributed by atoms with Crippen molar-refractivity contribution < 1.29 is 9.90 Å². The summed E-state index contributed by atoms with van der Waals surface area (Å²) in [6, 6.07) is 8.09. The SMILES string of the molecule is Cc1ccc(Cn2nc(C)c(C(=O)N(C)CCO)c2Cl)cc1. The van der Waals surface area contributed by atoms with E-state index in [9.17, 15) is 4.79 Å². The van der Waals surface area contributed by atoms with E-state index in [2.05, 4.69) is 5.10 Å². The average Bonchev–Trinajstić information content (AvgIpc) is 2.75. The fourth-order valence-corrected chi connectivity index (χ4v) is 2.53. The highest BCUT2D eigenvalue weighted by Gasteiger charge is 2.22. The first-order valence-electron chi connectivity index (χ1n) is 7.08. The molecule has 0 unspecified atom stereocenters. The number of aliphatic hydroxyl groups is 1. The molecule has 0 fully saturated rings. The van der Waals surface area contributed by atoms with Crippen molar-refractivity contribution in [2.75, 3.05) is 20.2 Å². The lowest BCUT2D eigenvalue weighted by molar-refractivity contribution is 0.0766. The largest absolute Gasteiger partial charge is 0.395 e. The third kappa shape index (κ3) is 3.48. The van der Waals surface area contributed by atoms with Crippen molar-refractivity contribution in [3.05, 3.63) is 51.8 Å². The maximum atomic E-state index is 12.4. The summed E-state index contributed by atoms with van der Waals surface area (Å²) in [6.45, 7) is 4.48. The molecule has 1 N–H and O–H groups in total. The number of benzene rings is 1. The number of hydrogen-bond donors (Lipinski definition) is 1. The molecule has 0 saturated carbocycles. The van der Waals surface area contributed by atoms with Gasteiger partial charge in [-0.05, 0) is 19.4 Å². The molecule has 1 aromatic carbocycles. The van der Waals surface area contributed by atoms with Gasteiger partial charge in [0.15, 0.2) is 0 Å². The van der Waals surface area contributed by atoms with Gasteiger partial charge in [-0.15, -0.1) is 0 Å². The smallest absolute Gasteiger partial charge is 0.258 e.